The minimum atomic E-state index is -0.114. The van der Waals surface area contributed by atoms with Crippen LogP contribution in [0, 0.1) is 0 Å². The molecule has 0 fully saturated rings. The molecule has 118 valence electrons. The Kier molecular flexibility index (Phi) is 6.25. The van der Waals surface area contributed by atoms with Crippen LogP contribution in [0.2, 0.25) is 0 Å². The van der Waals surface area contributed by atoms with E-state index in [4.69, 9.17) is 20.3 Å². The number of hydrogen-bond donors (Lipinski definition) is 2. The number of aliphatic hydroxyl groups excluding tert-OH is 1. The number of methoxy groups -OCH3 is 1. The minimum Gasteiger partial charge on any atom is -0.493 e. The number of nitrogens with two attached hydrogens (primary N) is 1. The standard InChI is InChI=1S/C18H23NO3/c1-21-17-10-9-15(16(19)8-5-11-20)12-18(17)22-13-14-6-3-2-4-7-14/h2-4,6-7,9-10,12,16,20H,5,8,11,13,19H2,1H3/t16-/m0/s1. The maximum Gasteiger partial charge on any atom is 0.161 e. The lowest BCUT2D eigenvalue weighted by Gasteiger charge is -2.16. The zero-order valence-corrected chi connectivity index (χ0v) is 12.9. The van der Waals surface area contributed by atoms with Crippen molar-refractivity contribution in [1.29, 1.82) is 0 Å². The van der Waals surface area contributed by atoms with Crippen LogP contribution in [0.1, 0.15) is 30.0 Å². The summed E-state index contributed by atoms with van der Waals surface area (Å²) >= 11 is 0. The van der Waals surface area contributed by atoms with Crippen molar-refractivity contribution in [2.45, 2.75) is 25.5 Å². The largest absolute Gasteiger partial charge is 0.493 e. The highest BCUT2D eigenvalue weighted by molar-refractivity contribution is 5.44. The van der Waals surface area contributed by atoms with Gasteiger partial charge in [0, 0.05) is 12.6 Å². The van der Waals surface area contributed by atoms with Gasteiger partial charge in [-0.25, -0.2) is 0 Å². The molecule has 22 heavy (non-hydrogen) atoms. The average molecular weight is 301 g/mol. The summed E-state index contributed by atoms with van der Waals surface area (Å²) < 4.78 is 11.2. The molecule has 0 amide bonds. The molecule has 4 nitrogen and oxygen atoms in total. The van der Waals surface area contributed by atoms with E-state index in [9.17, 15) is 0 Å². The van der Waals surface area contributed by atoms with Gasteiger partial charge in [0.25, 0.3) is 0 Å². The molecular formula is C18H23NO3. The second-order valence-electron chi connectivity index (χ2n) is 5.16. The van der Waals surface area contributed by atoms with E-state index >= 15 is 0 Å². The van der Waals surface area contributed by atoms with E-state index in [1.54, 1.807) is 7.11 Å². The molecular weight excluding hydrogens is 278 g/mol. The zero-order chi connectivity index (χ0) is 15.8. The van der Waals surface area contributed by atoms with E-state index in [-0.39, 0.29) is 12.6 Å². The molecule has 0 heterocycles. The first-order valence-electron chi connectivity index (χ1n) is 7.45. The smallest absolute Gasteiger partial charge is 0.161 e. The molecule has 0 aliphatic carbocycles. The van der Waals surface area contributed by atoms with Crippen molar-refractivity contribution >= 4 is 0 Å². The fraction of sp³-hybridized carbons (Fsp3) is 0.333. The molecule has 0 aromatic heterocycles. The number of rotatable bonds is 8. The van der Waals surface area contributed by atoms with Crippen molar-refractivity contribution < 1.29 is 14.6 Å². The van der Waals surface area contributed by atoms with Crippen molar-refractivity contribution in [2.24, 2.45) is 5.73 Å². The third-order valence-corrected chi connectivity index (χ3v) is 3.53. The lowest BCUT2D eigenvalue weighted by molar-refractivity contribution is 0.278. The Bertz CT molecular complexity index is 572. The predicted octanol–water partition coefficient (Wildman–Crippen LogP) is 3.05. The van der Waals surface area contributed by atoms with Gasteiger partial charge >= 0.3 is 0 Å². The fourth-order valence-electron chi connectivity index (χ4n) is 2.25. The first kappa shape index (κ1) is 16.3. The van der Waals surface area contributed by atoms with Gasteiger partial charge in [-0.1, -0.05) is 36.4 Å². The Morgan fingerprint density at radius 1 is 1.09 bits per heavy atom. The van der Waals surface area contributed by atoms with Crippen molar-refractivity contribution in [3.05, 3.63) is 59.7 Å². The number of ether oxygens (including phenoxy) is 2. The molecule has 0 aliphatic rings. The first-order valence-corrected chi connectivity index (χ1v) is 7.45. The molecule has 0 bridgehead atoms. The van der Waals surface area contributed by atoms with Gasteiger partial charge in [0.15, 0.2) is 11.5 Å². The van der Waals surface area contributed by atoms with Crippen LogP contribution in [0.3, 0.4) is 0 Å². The Morgan fingerprint density at radius 2 is 1.86 bits per heavy atom. The Hall–Kier alpha value is -2.04. The molecule has 0 radical (unpaired) electrons. The van der Waals surface area contributed by atoms with Crippen LogP contribution < -0.4 is 15.2 Å². The van der Waals surface area contributed by atoms with Crippen molar-refractivity contribution in [2.75, 3.05) is 13.7 Å². The molecule has 2 aromatic rings. The monoisotopic (exact) mass is 301 g/mol. The maximum atomic E-state index is 8.91. The van der Waals surface area contributed by atoms with E-state index < -0.39 is 0 Å². The second kappa shape index (κ2) is 8.41. The summed E-state index contributed by atoms with van der Waals surface area (Å²) in [5.41, 5.74) is 8.22. The van der Waals surface area contributed by atoms with Crippen molar-refractivity contribution in [3.8, 4) is 11.5 Å². The van der Waals surface area contributed by atoms with E-state index in [1.807, 2.05) is 48.5 Å². The van der Waals surface area contributed by atoms with Gasteiger partial charge in [-0.15, -0.1) is 0 Å². The average Bonchev–Trinajstić information content (AvgIpc) is 2.58. The molecule has 0 aliphatic heterocycles. The molecule has 0 unspecified atom stereocenters. The van der Waals surface area contributed by atoms with E-state index in [1.165, 1.54) is 0 Å². The second-order valence-corrected chi connectivity index (χ2v) is 5.16. The highest BCUT2D eigenvalue weighted by Crippen LogP contribution is 2.31. The van der Waals surface area contributed by atoms with Gasteiger partial charge in [-0.2, -0.15) is 0 Å². The van der Waals surface area contributed by atoms with Crippen LogP contribution in [0.15, 0.2) is 48.5 Å². The van der Waals surface area contributed by atoms with Crippen molar-refractivity contribution in [1.82, 2.24) is 0 Å². The highest BCUT2D eigenvalue weighted by Gasteiger charge is 2.11. The van der Waals surface area contributed by atoms with Crippen LogP contribution in [0.5, 0.6) is 11.5 Å². The first-order chi connectivity index (χ1) is 10.7. The normalized spacial score (nSPS) is 12.0. The Balaban J connectivity index is 2.10. The fourth-order valence-corrected chi connectivity index (χ4v) is 2.25. The number of aliphatic hydroxyl groups is 1. The molecule has 2 rings (SSSR count). The Morgan fingerprint density at radius 3 is 2.55 bits per heavy atom. The topological polar surface area (TPSA) is 64.7 Å². The third-order valence-electron chi connectivity index (χ3n) is 3.53. The lowest BCUT2D eigenvalue weighted by atomic mass is 10.0. The quantitative estimate of drug-likeness (QED) is 0.786. The summed E-state index contributed by atoms with van der Waals surface area (Å²) in [6.45, 7) is 0.633. The number of hydrogen-bond acceptors (Lipinski definition) is 4. The summed E-state index contributed by atoms with van der Waals surface area (Å²) in [6.07, 6.45) is 1.42. The van der Waals surface area contributed by atoms with E-state index in [0.29, 0.717) is 24.5 Å². The van der Waals surface area contributed by atoms with Gasteiger partial charge in [0.1, 0.15) is 6.61 Å². The highest BCUT2D eigenvalue weighted by atomic mass is 16.5. The molecule has 3 N–H and O–H groups in total. The third kappa shape index (κ3) is 4.48. The van der Waals surface area contributed by atoms with Crippen LogP contribution >= 0.6 is 0 Å². The Labute approximate surface area is 131 Å². The summed E-state index contributed by atoms with van der Waals surface area (Å²) in [4.78, 5) is 0. The van der Waals surface area contributed by atoms with Crippen LogP contribution in [0.4, 0.5) is 0 Å². The summed E-state index contributed by atoms with van der Waals surface area (Å²) in [5.74, 6) is 1.37. The SMILES string of the molecule is COc1ccc([C@@H](N)CCCO)cc1OCc1ccccc1. The van der Waals surface area contributed by atoms with E-state index in [0.717, 1.165) is 17.5 Å². The van der Waals surface area contributed by atoms with Crippen LogP contribution in [-0.2, 0) is 6.61 Å². The van der Waals surface area contributed by atoms with Gasteiger partial charge in [-0.3, -0.25) is 0 Å². The maximum absolute atomic E-state index is 8.91. The molecule has 0 saturated heterocycles. The number of benzene rings is 2. The van der Waals surface area contributed by atoms with Gasteiger partial charge in [0.05, 0.1) is 7.11 Å². The summed E-state index contributed by atoms with van der Waals surface area (Å²) in [6, 6.07) is 15.6. The van der Waals surface area contributed by atoms with Gasteiger partial charge in [-0.05, 0) is 36.1 Å². The summed E-state index contributed by atoms with van der Waals surface area (Å²) in [5, 5.41) is 8.91. The molecule has 0 spiro atoms. The van der Waals surface area contributed by atoms with E-state index in [2.05, 4.69) is 0 Å². The zero-order valence-electron chi connectivity index (χ0n) is 12.9. The molecule has 0 saturated carbocycles. The van der Waals surface area contributed by atoms with Crippen molar-refractivity contribution in [3.63, 3.8) is 0 Å². The lowest BCUT2D eigenvalue weighted by Crippen LogP contribution is -2.11. The van der Waals surface area contributed by atoms with Crippen LogP contribution in [-0.4, -0.2) is 18.8 Å². The van der Waals surface area contributed by atoms with Gasteiger partial charge in [0.2, 0.25) is 0 Å². The van der Waals surface area contributed by atoms with Gasteiger partial charge < -0.3 is 20.3 Å². The molecule has 2 aromatic carbocycles. The van der Waals surface area contributed by atoms with Crippen LogP contribution in [0.25, 0.3) is 0 Å². The minimum absolute atomic E-state index is 0.114. The predicted molar refractivity (Wildman–Crippen MR) is 87.0 cm³/mol. The molecule has 4 heteroatoms. The molecule has 1 atom stereocenters. The summed E-state index contributed by atoms with van der Waals surface area (Å²) in [7, 11) is 1.62.